The zero-order valence-electron chi connectivity index (χ0n) is 16.9. The summed E-state index contributed by atoms with van der Waals surface area (Å²) in [7, 11) is 0. The quantitative estimate of drug-likeness (QED) is 0.440. The molecule has 7 nitrogen and oxygen atoms in total. The average molecular weight is 440 g/mol. The van der Waals surface area contributed by atoms with E-state index < -0.39 is 28.7 Å². The lowest BCUT2D eigenvalue weighted by Gasteiger charge is -2.22. The van der Waals surface area contributed by atoms with E-state index in [2.05, 4.69) is 15.3 Å². The van der Waals surface area contributed by atoms with E-state index in [4.69, 9.17) is 11.5 Å². The van der Waals surface area contributed by atoms with Crippen LogP contribution >= 0.6 is 0 Å². The molecule has 0 fully saturated rings. The van der Waals surface area contributed by atoms with Crippen LogP contribution in [-0.4, -0.2) is 14.5 Å². The van der Waals surface area contributed by atoms with Crippen LogP contribution in [0.5, 0.6) is 0 Å². The number of alkyl halides is 3. The lowest BCUT2D eigenvalue weighted by Crippen LogP contribution is -2.27. The highest BCUT2D eigenvalue weighted by molar-refractivity contribution is 5.86. The van der Waals surface area contributed by atoms with Gasteiger partial charge in [0.05, 0.1) is 28.9 Å². The van der Waals surface area contributed by atoms with E-state index in [0.717, 1.165) is 6.07 Å². The van der Waals surface area contributed by atoms with Crippen molar-refractivity contribution in [3.05, 3.63) is 82.4 Å². The number of nitrogens with one attached hydrogen (secondary N) is 1. The normalized spacial score (nSPS) is 12.6. The van der Waals surface area contributed by atoms with Gasteiger partial charge in [0.2, 0.25) is 5.95 Å². The molecule has 0 aliphatic rings. The van der Waals surface area contributed by atoms with E-state index in [0.29, 0.717) is 11.4 Å². The van der Waals surface area contributed by atoms with Gasteiger partial charge in [-0.15, -0.1) is 0 Å². The predicted octanol–water partition coefficient (Wildman–Crippen LogP) is 4.14. The molecular weight excluding hydrogens is 421 g/mol. The van der Waals surface area contributed by atoms with Gasteiger partial charge in [-0.25, -0.2) is 4.98 Å². The first kappa shape index (κ1) is 21.2. The minimum absolute atomic E-state index is 0.00248. The minimum atomic E-state index is -4.68. The van der Waals surface area contributed by atoms with Gasteiger partial charge in [0, 0.05) is 11.4 Å². The van der Waals surface area contributed by atoms with E-state index in [1.807, 2.05) is 0 Å². The number of para-hydroxylation sites is 1. The molecule has 2 heterocycles. The monoisotopic (exact) mass is 440 g/mol. The summed E-state index contributed by atoms with van der Waals surface area (Å²) in [6.07, 6.45) is -3.33. The van der Waals surface area contributed by atoms with Gasteiger partial charge in [-0.2, -0.15) is 18.2 Å². The summed E-state index contributed by atoms with van der Waals surface area (Å²) in [5.41, 5.74) is 10.9. The molecule has 4 aromatic rings. The molecule has 32 heavy (non-hydrogen) atoms. The van der Waals surface area contributed by atoms with Crippen LogP contribution in [0.2, 0.25) is 0 Å². The molecular formula is C22H19F3N6O. The predicted molar refractivity (Wildman–Crippen MR) is 117 cm³/mol. The zero-order valence-corrected chi connectivity index (χ0v) is 16.9. The largest absolute Gasteiger partial charge is 0.417 e. The fourth-order valence-corrected chi connectivity index (χ4v) is 3.58. The number of pyridine rings is 1. The zero-order chi connectivity index (χ0) is 23.0. The molecule has 2 aromatic heterocycles. The van der Waals surface area contributed by atoms with E-state index in [9.17, 15) is 18.0 Å². The summed E-state index contributed by atoms with van der Waals surface area (Å²) in [5.74, 6) is 0.254. The highest BCUT2D eigenvalue weighted by atomic mass is 19.4. The SMILES string of the molecule is C[C@H](Nc1nc(N)ncc1N)c1cc2cccc(C(F)(F)F)c2c(=O)n1-c1ccccc1. The third-order valence-corrected chi connectivity index (χ3v) is 5.03. The Morgan fingerprint density at radius 3 is 2.47 bits per heavy atom. The number of nitrogen functional groups attached to an aromatic ring is 2. The van der Waals surface area contributed by atoms with Crippen LogP contribution < -0.4 is 22.3 Å². The maximum Gasteiger partial charge on any atom is 0.417 e. The number of nitrogens with two attached hydrogens (primary N) is 2. The van der Waals surface area contributed by atoms with Crippen molar-refractivity contribution in [2.45, 2.75) is 19.1 Å². The lowest BCUT2D eigenvalue weighted by atomic mass is 10.0. The van der Waals surface area contributed by atoms with Crippen molar-refractivity contribution in [2.24, 2.45) is 0 Å². The van der Waals surface area contributed by atoms with Crippen molar-refractivity contribution in [2.75, 3.05) is 16.8 Å². The van der Waals surface area contributed by atoms with E-state index in [1.54, 1.807) is 43.3 Å². The van der Waals surface area contributed by atoms with Gasteiger partial charge in [-0.3, -0.25) is 9.36 Å². The molecule has 0 aliphatic heterocycles. The van der Waals surface area contributed by atoms with Gasteiger partial charge in [0.25, 0.3) is 5.56 Å². The number of anilines is 3. The Morgan fingerprint density at radius 1 is 1.06 bits per heavy atom. The van der Waals surface area contributed by atoms with E-state index in [1.165, 1.54) is 22.9 Å². The number of fused-ring (bicyclic) bond motifs is 1. The third kappa shape index (κ3) is 3.82. The first-order valence-electron chi connectivity index (χ1n) is 9.62. The summed E-state index contributed by atoms with van der Waals surface area (Å²) in [6.45, 7) is 1.74. The summed E-state index contributed by atoms with van der Waals surface area (Å²) in [6, 6.07) is 13.1. The van der Waals surface area contributed by atoms with Gasteiger partial charge < -0.3 is 16.8 Å². The van der Waals surface area contributed by atoms with Gasteiger partial charge in [0.15, 0.2) is 5.82 Å². The molecule has 164 valence electrons. The maximum absolute atomic E-state index is 13.7. The van der Waals surface area contributed by atoms with E-state index >= 15 is 0 Å². The number of rotatable bonds is 4. The molecule has 4 rings (SSSR count). The number of aromatic nitrogens is 3. The molecule has 2 aromatic carbocycles. The summed E-state index contributed by atoms with van der Waals surface area (Å²) < 4.78 is 42.2. The Labute approximate surface area is 180 Å². The lowest BCUT2D eigenvalue weighted by molar-refractivity contribution is -0.136. The third-order valence-electron chi connectivity index (χ3n) is 5.03. The van der Waals surface area contributed by atoms with Crippen LogP contribution in [0.15, 0.2) is 65.6 Å². The molecule has 5 N–H and O–H groups in total. The van der Waals surface area contributed by atoms with Crippen molar-refractivity contribution < 1.29 is 13.2 Å². The van der Waals surface area contributed by atoms with Crippen LogP contribution in [0.25, 0.3) is 16.5 Å². The second-order valence-electron chi connectivity index (χ2n) is 7.21. The van der Waals surface area contributed by atoms with E-state index in [-0.39, 0.29) is 22.8 Å². The molecule has 0 radical (unpaired) electrons. The van der Waals surface area contributed by atoms with Crippen LogP contribution in [0.4, 0.5) is 30.6 Å². The molecule has 0 aliphatic carbocycles. The van der Waals surface area contributed by atoms with Gasteiger partial charge in [0.1, 0.15) is 0 Å². The van der Waals surface area contributed by atoms with Crippen molar-refractivity contribution in [1.29, 1.82) is 0 Å². The minimum Gasteiger partial charge on any atom is -0.394 e. The second-order valence-corrected chi connectivity index (χ2v) is 7.21. The topological polar surface area (TPSA) is 112 Å². The molecule has 0 saturated carbocycles. The van der Waals surface area contributed by atoms with Gasteiger partial charge in [-0.05, 0) is 36.6 Å². The van der Waals surface area contributed by atoms with Crippen molar-refractivity contribution in [1.82, 2.24) is 14.5 Å². The first-order chi connectivity index (χ1) is 15.2. The molecule has 10 heteroatoms. The molecule has 0 unspecified atom stereocenters. The highest BCUT2D eigenvalue weighted by Crippen LogP contribution is 2.34. The van der Waals surface area contributed by atoms with Crippen LogP contribution in [0, 0.1) is 0 Å². The van der Waals surface area contributed by atoms with Crippen molar-refractivity contribution >= 4 is 28.2 Å². The maximum atomic E-state index is 13.7. The number of hydrogen-bond acceptors (Lipinski definition) is 6. The Bertz CT molecular complexity index is 1350. The fourth-order valence-electron chi connectivity index (χ4n) is 3.58. The summed E-state index contributed by atoms with van der Waals surface area (Å²) in [4.78, 5) is 21.3. The molecule has 0 spiro atoms. The molecule has 0 bridgehead atoms. The van der Waals surface area contributed by atoms with Gasteiger partial charge in [-0.1, -0.05) is 30.3 Å². The Balaban J connectivity index is 1.98. The standard InChI is InChI=1S/C22H19F3N6O/c1-12(29-19-16(26)11-28-21(27)30-19)17-10-13-6-5-9-15(22(23,24)25)18(13)20(32)31(17)14-7-3-2-4-8-14/h2-12H,26H2,1H3,(H3,27,28,29,30)/t12-/m0/s1. The number of halogens is 3. The summed E-state index contributed by atoms with van der Waals surface area (Å²) in [5, 5.41) is 2.86. The highest BCUT2D eigenvalue weighted by Gasteiger charge is 2.34. The van der Waals surface area contributed by atoms with Crippen LogP contribution in [0.1, 0.15) is 24.2 Å². The average Bonchev–Trinajstić information content (AvgIpc) is 2.75. The van der Waals surface area contributed by atoms with Crippen molar-refractivity contribution in [3.8, 4) is 5.69 Å². The Hall–Kier alpha value is -4.08. The van der Waals surface area contributed by atoms with Gasteiger partial charge >= 0.3 is 6.18 Å². The fraction of sp³-hybridized carbons (Fsp3) is 0.136. The Kier molecular flexibility index (Phi) is 5.21. The number of hydrogen-bond donors (Lipinski definition) is 3. The molecule has 1 atom stereocenters. The summed E-state index contributed by atoms with van der Waals surface area (Å²) >= 11 is 0. The number of nitrogens with zero attached hydrogens (tertiary/aromatic N) is 3. The molecule has 0 amide bonds. The molecule has 0 saturated heterocycles. The van der Waals surface area contributed by atoms with Crippen LogP contribution in [-0.2, 0) is 6.18 Å². The second kappa shape index (κ2) is 7.88. The Morgan fingerprint density at radius 2 is 1.78 bits per heavy atom. The van der Waals surface area contributed by atoms with Crippen LogP contribution in [0.3, 0.4) is 0 Å². The first-order valence-corrected chi connectivity index (χ1v) is 9.62. The smallest absolute Gasteiger partial charge is 0.394 e. The number of benzene rings is 2. The van der Waals surface area contributed by atoms with Crippen molar-refractivity contribution in [3.63, 3.8) is 0 Å².